The SMILES string of the molecule is CCOC(=O)CN1CCN(S(=O)(=O)c2ccc(C(C)CC)cc2)CC1. The Bertz CT molecular complexity index is 665. The Labute approximate surface area is 150 Å². The van der Waals surface area contributed by atoms with Gasteiger partial charge in [0.1, 0.15) is 0 Å². The fourth-order valence-corrected chi connectivity index (χ4v) is 4.29. The Balaban J connectivity index is 1.98. The first-order chi connectivity index (χ1) is 11.9. The van der Waals surface area contributed by atoms with Crippen LogP contribution in [0.3, 0.4) is 0 Å². The van der Waals surface area contributed by atoms with E-state index in [1.807, 2.05) is 17.0 Å². The average Bonchev–Trinajstić information content (AvgIpc) is 2.62. The van der Waals surface area contributed by atoms with E-state index in [4.69, 9.17) is 4.74 Å². The minimum absolute atomic E-state index is 0.214. The summed E-state index contributed by atoms with van der Waals surface area (Å²) < 4.78 is 32.0. The first kappa shape index (κ1) is 19.9. The zero-order valence-corrected chi connectivity index (χ0v) is 16.1. The molecule has 1 aromatic carbocycles. The van der Waals surface area contributed by atoms with Crippen LogP contribution in [0, 0.1) is 0 Å². The monoisotopic (exact) mass is 368 g/mol. The quantitative estimate of drug-likeness (QED) is 0.689. The molecule has 1 aliphatic heterocycles. The lowest BCUT2D eigenvalue weighted by Crippen LogP contribution is -2.49. The average molecular weight is 368 g/mol. The molecule has 0 aromatic heterocycles. The van der Waals surface area contributed by atoms with Gasteiger partial charge in [-0.05, 0) is 37.0 Å². The summed E-state index contributed by atoms with van der Waals surface area (Å²) in [6, 6.07) is 7.19. The van der Waals surface area contributed by atoms with E-state index in [2.05, 4.69) is 13.8 Å². The lowest BCUT2D eigenvalue weighted by Gasteiger charge is -2.33. The summed E-state index contributed by atoms with van der Waals surface area (Å²) in [4.78, 5) is 13.8. The summed E-state index contributed by atoms with van der Waals surface area (Å²) in [5, 5.41) is 0. The zero-order chi connectivity index (χ0) is 18.4. The number of ether oxygens (including phenoxy) is 1. The van der Waals surface area contributed by atoms with E-state index in [0.29, 0.717) is 43.6 Å². The Morgan fingerprint density at radius 3 is 2.24 bits per heavy atom. The van der Waals surface area contributed by atoms with Gasteiger partial charge in [-0.15, -0.1) is 0 Å². The van der Waals surface area contributed by atoms with Gasteiger partial charge in [-0.3, -0.25) is 9.69 Å². The van der Waals surface area contributed by atoms with Crippen molar-refractivity contribution < 1.29 is 17.9 Å². The van der Waals surface area contributed by atoms with Crippen LogP contribution in [0.25, 0.3) is 0 Å². The molecule has 0 aliphatic carbocycles. The van der Waals surface area contributed by atoms with Crippen LogP contribution >= 0.6 is 0 Å². The van der Waals surface area contributed by atoms with Crippen LogP contribution in [0.2, 0.25) is 0 Å². The Morgan fingerprint density at radius 2 is 1.72 bits per heavy atom. The molecule has 6 nitrogen and oxygen atoms in total. The van der Waals surface area contributed by atoms with Crippen LogP contribution < -0.4 is 0 Å². The van der Waals surface area contributed by atoms with Gasteiger partial charge >= 0.3 is 5.97 Å². The standard InChI is InChI=1S/C18H28N2O4S/c1-4-15(3)16-6-8-17(9-7-16)25(22,23)20-12-10-19(11-13-20)14-18(21)24-5-2/h6-9,15H,4-5,10-14H2,1-3H3. The molecular formula is C18H28N2O4S. The highest BCUT2D eigenvalue weighted by Crippen LogP contribution is 2.23. The van der Waals surface area contributed by atoms with E-state index in [9.17, 15) is 13.2 Å². The van der Waals surface area contributed by atoms with E-state index in [1.165, 1.54) is 4.31 Å². The number of rotatable bonds is 7. The number of hydrogen-bond acceptors (Lipinski definition) is 5. The van der Waals surface area contributed by atoms with Crippen molar-refractivity contribution in [1.82, 2.24) is 9.21 Å². The van der Waals surface area contributed by atoms with Crippen molar-refractivity contribution >= 4 is 16.0 Å². The predicted octanol–water partition coefficient (Wildman–Crippen LogP) is 2.07. The number of benzene rings is 1. The van der Waals surface area contributed by atoms with Crippen LogP contribution in [0.15, 0.2) is 29.2 Å². The molecule has 2 rings (SSSR count). The maximum absolute atomic E-state index is 12.8. The van der Waals surface area contributed by atoms with Crippen LogP contribution in [0.4, 0.5) is 0 Å². The summed E-state index contributed by atoms with van der Waals surface area (Å²) in [5.41, 5.74) is 1.15. The highest BCUT2D eigenvalue weighted by Gasteiger charge is 2.29. The van der Waals surface area contributed by atoms with Gasteiger partial charge in [0.15, 0.2) is 0 Å². The molecule has 140 valence electrons. The second-order valence-electron chi connectivity index (χ2n) is 6.36. The lowest BCUT2D eigenvalue weighted by molar-refractivity contribution is -0.144. The third kappa shape index (κ3) is 5.03. The fraction of sp³-hybridized carbons (Fsp3) is 0.611. The van der Waals surface area contributed by atoms with Gasteiger partial charge in [-0.1, -0.05) is 26.0 Å². The molecule has 1 fully saturated rings. The second-order valence-corrected chi connectivity index (χ2v) is 8.30. The summed E-state index contributed by atoms with van der Waals surface area (Å²) in [6.45, 7) is 8.42. The lowest BCUT2D eigenvalue weighted by atomic mass is 9.99. The number of esters is 1. The van der Waals surface area contributed by atoms with Gasteiger partial charge in [0.25, 0.3) is 0 Å². The second kappa shape index (κ2) is 8.78. The smallest absolute Gasteiger partial charge is 0.320 e. The largest absolute Gasteiger partial charge is 0.465 e. The maximum atomic E-state index is 12.8. The van der Waals surface area contributed by atoms with Crippen molar-refractivity contribution in [3.63, 3.8) is 0 Å². The number of carbonyl (C=O) groups excluding carboxylic acids is 1. The molecule has 0 amide bonds. The van der Waals surface area contributed by atoms with E-state index >= 15 is 0 Å². The molecule has 0 bridgehead atoms. The van der Waals surface area contributed by atoms with E-state index in [1.54, 1.807) is 19.1 Å². The maximum Gasteiger partial charge on any atom is 0.320 e. The molecule has 7 heteroatoms. The molecule has 1 unspecified atom stereocenters. The minimum atomic E-state index is -3.48. The Kier molecular flexibility index (Phi) is 6.98. The number of sulfonamides is 1. The van der Waals surface area contributed by atoms with Gasteiger partial charge in [0, 0.05) is 26.2 Å². The van der Waals surface area contributed by atoms with Gasteiger partial charge in [0.05, 0.1) is 18.0 Å². The number of carbonyl (C=O) groups is 1. The van der Waals surface area contributed by atoms with Crippen molar-refractivity contribution in [2.24, 2.45) is 0 Å². The fourth-order valence-electron chi connectivity index (χ4n) is 2.87. The summed E-state index contributed by atoms with van der Waals surface area (Å²) in [5.74, 6) is 0.155. The first-order valence-electron chi connectivity index (χ1n) is 8.86. The molecule has 0 spiro atoms. The van der Waals surface area contributed by atoms with Gasteiger partial charge in [-0.25, -0.2) is 8.42 Å². The van der Waals surface area contributed by atoms with Gasteiger partial charge < -0.3 is 4.74 Å². The van der Waals surface area contributed by atoms with E-state index < -0.39 is 10.0 Å². The number of nitrogens with zero attached hydrogens (tertiary/aromatic N) is 2. The van der Waals surface area contributed by atoms with Gasteiger partial charge in [-0.2, -0.15) is 4.31 Å². The molecule has 1 atom stereocenters. The normalized spacial score (nSPS) is 18.0. The predicted molar refractivity (Wildman–Crippen MR) is 97.0 cm³/mol. The van der Waals surface area contributed by atoms with Crippen LogP contribution in [0.1, 0.15) is 38.7 Å². The zero-order valence-electron chi connectivity index (χ0n) is 15.3. The van der Waals surface area contributed by atoms with Crippen LogP contribution in [-0.4, -0.2) is 62.9 Å². The van der Waals surface area contributed by atoms with Gasteiger partial charge in [0.2, 0.25) is 10.0 Å². The molecule has 1 aliphatic rings. The van der Waals surface area contributed by atoms with Crippen LogP contribution in [-0.2, 0) is 19.6 Å². The minimum Gasteiger partial charge on any atom is -0.465 e. The molecule has 0 N–H and O–H groups in total. The highest BCUT2D eigenvalue weighted by atomic mass is 32.2. The Morgan fingerprint density at radius 1 is 1.12 bits per heavy atom. The van der Waals surface area contributed by atoms with Crippen molar-refractivity contribution in [2.75, 3.05) is 39.3 Å². The number of piperazine rings is 1. The third-order valence-electron chi connectivity index (χ3n) is 4.69. The van der Waals surface area contributed by atoms with E-state index in [0.717, 1.165) is 12.0 Å². The van der Waals surface area contributed by atoms with Crippen molar-refractivity contribution in [3.8, 4) is 0 Å². The first-order valence-corrected chi connectivity index (χ1v) is 10.3. The van der Waals surface area contributed by atoms with Crippen molar-refractivity contribution in [3.05, 3.63) is 29.8 Å². The molecular weight excluding hydrogens is 340 g/mol. The summed E-state index contributed by atoms with van der Waals surface area (Å²) in [6.07, 6.45) is 1.02. The molecule has 1 aromatic rings. The van der Waals surface area contributed by atoms with Crippen molar-refractivity contribution in [1.29, 1.82) is 0 Å². The van der Waals surface area contributed by atoms with E-state index in [-0.39, 0.29) is 12.5 Å². The Hall–Kier alpha value is -1.44. The van der Waals surface area contributed by atoms with Crippen molar-refractivity contribution in [2.45, 2.75) is 38.0 Å². The summed E-state index contributed by atoms with van der Waals surface area (Å²) >= 11 is 0. The molecule has 1 heterocycles. The number of hydrogen-bond donors (Lipinski definition) is 0. The van der Waals surface area contributed by atoms with Crippen LogP contribution in [0.5, 0.6) is 0 Å². The molecule has 0 saturated carbocycles. The topological polar surface area (TPSA) is 66.9 Å². The summed E-state index contributed by atoms with van der Waals surface area (Å²) in [7, 11) is -3.48. The molecule has 25 heavy (non-hydrogen) atoms. The molecule has 0 radical (unpaired) electrons. The molecule has 1 saturated heterocycles. The highest BCUT2D eigenvalue weighted by molar-refractivity contribution is 7.89. The third-order valence-corrected chi connectivity index (χ3v) is 6.60.